The van der Waals surface area contributed by atoms with Gasteiger partial charge >= 0.3 is 0 Å². The number of hydrogen-bond acceptors (Lipinski definition) is 2. The van der Waals surface area contributed by atoms with Gasteiger partial charge < -0.3 is 10.1 Å². The van der Waals surface area contributed by atoms with Crippen molar-refractivity contribution in [3.05, 3.63) is 34.9 Å². The normalized spacial score (nSPS) is 11.9. The van der Waals surface area contributed by atoms with Gasteiger partial charge in [0.15, 0.2) is 0 Å². The summed E-state index contributed by atoms with van der Waals surface area (Å²) in [4.78, 5) is 22.1. The maximum atomic E-state index is 11.6. The minimum absolute atomic E-state index is 0.281. The predicted molar refractivity (Wildman–Crippen MR) is 59.1 cm³/mol. The Balaban J connectivity index is 2.72. The molecular weight excluding hydrogens is 214 g/mol. The number of nitrogens with one attached hydrogen (secondary N) is 1. The lowest BCUT2D eigenvalue weighted by Crippen LogP contribution is -2.35. The van der Waals surface area contributed by atoms with E-state index >= 15 is 0 Å². The van der Waals surface area contributed by atoms with Gasteiger partial charge in [0, 0.05) is 10.6 Å². The topological polar surface area (TPSA) is 46.2 Å². The van der Waals surface area contributed by atoms with Crippen molar-refractivity contribution in [2.75, 3.05) is 0 Å². The van der Waals surface area contributed by atoms with Gasteiger partial charge in [-0.1, -0.05) is 24.6 Å². The van der Waals surface area contributed by atoms with Gasteiger partial charge in [0.25, 0.3) is 5.91 Å². The molecule has 0 unspecified atom stereocenters. The van der Waals surface area contributed by atoms with Crippen LogP contribution in [0.2, 0.25) is 5.02 Å². The highest BCUT2D eigenvalue weighted by Crippen LogP contribution is 2.10. The van der Waals surface area contributed by atoms with Gasteiger partial charge in [-0.15, -0.1) is 0 Å². The molecule has 1 aromatic carbocycles. The molecule has 4 heteroatoms. The number of halogens is 1. The lowest BCUT2D eigenvalue weighted by atomic mass is 10.2. The zero-order valence-electron chi connectivity index (χ0n) is 8.37. The van der Waals surface area contributed by atoms with Gasteiger partial charge in [-0.05, 0) is 24.6 Å². The van der Waals surface area contributed by atoms with Crippen molar-refractivity contribution < 1.29 is 9.59 Å². The summed E-state index contributed by atoms with van der Waals surface area (Å²) >= 11 is 5.74. The molecule has 0 aliphatic rings. The van der Waals surface area contributed by atoms with Crippen molar-refractivity contribution >= 4 is 23.8 Å². The smallest absolute Gasteiger partial charge is 0.251 e. The van der Waals surface area contributed by atoms with E-state index in [9.17, 15) is 9.59 Å². The van der Waals surface area contributed by atoms with Gasteiger partial charge in [0.1, 0.15) is 6.29 Å². The summed E-state index contributed by atoms with van der Waals surface area (Å²) in [5, 5.41) is 3.10. The van der Waals surface area contributed by atoms with Crippen LogP contribution in [0.4, 0.5) is 0 Å². The highest BCUT2D eigenvalue weighted by molar-refractivity contribution is 6.30. The molecule has 0 radical (unpaired) electrons. The second kappa shape index (κ2) is 5.51. The molecule has 3 nitrogen and oxygen atoms in total. The largest absolute Gasteiger partial charge is 0.343 e. The first-order chi connectivity index (χ1) is 7.17. The van der Waals surface area contributed by atoms with Crippen LogP contribution in [0.3, 0.4) is 0 Å². The monoisotopic (exact) mass is 225 g/mol. The van der Waals surface area contributed by atoms with E-state index in [1.807, 2.05) is 6.92 Å². The molecule has 0 heterocycles. The van der Waals surface area contributed by atoms with Gasteiger partial charge in [0.2, 0.25) is 0 Å². The molecule has 1 rings (SSSR count). The molecule has 1 N–H and O–H groups in total. The molecular formula is C11H12ClNO2. The Hall–Kier alpha value is -1.35. The average Bonchev–Trinajstić information content (AvgIpc) is 2.25. The zero-order valence-corrected chi connectivity index (χ0v) is 9.12. The SMILES string of the molecule is CC[C@@H](C=O)NC(=O)c1cccc(Cl)c1. The van der Waals surface area contributed by atoms with E-state index in [0.29, 0.717) is 17.0 Å². The third-order valence-electron chi connectivity index (χ3n) is 2.01. The van der Waals surface area contributed by atoms with E-state index < -0.39 is 6.04 Å². The Morgan fingerprint density at radius 3 is 2.87 bits per heavy atom. The summed E-state index contributed by atoms with van der Waals surface area (Å²) in [7, 11) is 0. The fraction of sp³-hybridized carbons (Fsp3) is 0.273. The Morgan fingerprint density at radius 1 is 1.60 bits per heavy atom. The summed E-state index contributed by atoms with van der Waals surface area (Å²) in [6.07, 6.45) is 1.30. The van der Waals surface area contributed by atoms with Crippen molar-refractivity contribution in [2.45, 2.75) is 19.4 Å². The highest BCUT2D eigenvalue weighted by atomic mass is 35.5. The van der Waals surface area contributed by atoms with E-state index in [-0.39, 0.29) is 5.91 Å². The molecule has 0 fully saturated rings. The quantitative estimate of drug-likeness (QED) is 0.798. The van der Waals surface area contributed by atoms with Crippen molar-refractivity contribution in [3.8, 4) is 0 Å². The third kappa shape index (κ3) is 3.36. The van der Waals surface area contributed by atoms with Gasteiger partial charge in [-0.3, -0.25) is 4.79 Å². The first kappa shape index (κ1) is 11.7. The summed E-state index contributed by atoms with van der Waals surface area (Å²) in [6, 6.07) is 6.17. The third-order valence-corrected chi connectivity index (χ3v) is 2.24. The number of rotatable bonds is 4. The Labute approximate surface area is 93.4 Å². The lowest BCUT2D eigenvalue weighted by Gasteiger charge is -2.10. The molecule has 1 atom stereocenters. The number of hydrogen-bond donors (Lipinski definition) is 1. The molecule has 0 aliphatic heterocycles. The van der Waals surface area contributed by atoms with E-state index in [2.05, 4.69) is 5.32 Å². The molecule has 0 saturated carbocycles. The van der Waals surface area contributed by atoms with Crippen LogP contribution in [-0.2, 0) is 4.79 Å². The van der Waals surface area contributed by atoms with Crippen LogP contribution in [0.1, 0.15) is 23.7 Å². The van der Waals surface area contributed by atoms with Crippen molar-refractivity contribution in [1.82, 2.24) is 5.32 Å². The van der Waals surface area contributed by atoms with E-state index in [1.54, 1.807) is 24.3 Å². The number of carbonyl (C=O) groups excluding carboxylic acids is 2. The molecule has 1 amide bonds. The number of benzene rings is 1. The standard InChI is InChI=1S/C11H12ClNO2/c1-2-10(7-14)13-11(15)8-4-3-5-9(12)6-8/h3-7,10H,2H2,1H3,(H,13,15)/t10-/m0/s1. The van der Waals surface area contributed by atoms with Crippen LogP contribution < -0.4 is 5.32 Å². The lowest BCUT2D eigenvalue weighted by molar-refractivity contribution is -0.109. The van der Waals surface area contributed by atoms with Crippen LogP contribution in [-0.4, -0.2) is 18.2 Å². The van der Waals surface area contributed by atoms with E-state index in [1.165, 1.54) is 0 Å². The summed E-state index contributed by atoms with van der Waals surface area (Å²) < 4.78 is 0. The maximum absolute atomic E-state index is 11.6. The van der Waals surface area contributed by atoms with Gasteiger partial charge in [-0.25, -0.2) is 0 Å². The van der Waals surface area contributed by atoms with E-state index in [0.717, 1.165) is 6.29 Å². The Morgan fingerprint density at radius 2 is 2.33 bits per heavy atom. The first-order valence-corrected chi connectivity index (χ1v) is 5.07. The summed E-state index contributed by atoms with van der Waals surface area (Å²) in [6.45, 7) is 1.83. The predicted octanol–water partition coefficient (Wildman–Crippen LogP) is 2.05. The van der Waals surface area contributed by atoms with Crippen LogP contribution >= 0.6 is 11.6 Å². The van der Waals surface area contributed by atoms with Crippen LogP contribution in [0.25, 0.3) is 0 Å². The molecule has 0 aromatic heterocycles. The molecule has 15 heavy (non-hydrogen) atoms. The zero-order chi connectivity index (χ0) is 11.3. The minimum atomic E-state index is -0.434. The summed E-state index contributed by atoms with van der Waals surface area (Å²) in [5.41, 5.74) is 0.461. The number of carbonyl (C=O) groups is 2. The molecule has 0 saturated heterocycles. The molecule has 1 aromatic rings. The van der Waals surface area contributed by atoms with Gasteiger partial charge in [0.05, 0.1) is 6.04 Å². The second-order valence-electron chi connectivity index (χ2n) is 3.13. The second-order valence-corrected chi connectivity index (χ2v) is 3.57. The van der Waals surface area contributed by atoms with Crippen LogP contribution in [0.15, 0.2) is 24.3 Å². The first-order valence-electron chi connectivity index (χ1n) is 4.69. The summed E-state index contributed by atoms with van der Waals surface area (Å²) in [5.74, 6) is -0.281. The number of amides is 1. The molecule has 0 spiro atoms. The van der Waals surface area contributed by atoms with E-state index in [4.69, 9.17) is 11.6 Å². The van der Waals surface area contributed by atoms with Crippen molar-refractivity contribution in [3.63, 3.8) is 0 Å². The molecule has 80 valence electrons. The van der Waals surface area contributed by atoms with Crippen LogP contribution in [0.5, 0.6) is 0 Å². The maximum Gasteiger partial charge on any atom is 0.251 e. The highest BCUT2D eigenvalue weighted by Gasteiger charge is 2.10. The molecule has 0 aliphatic carbocycles. The fourth-order valence-corrected chi connectivity index (χ4v) is 1.30. The fourth-order valence-electron chi connectivity index (χ4n) is 1.11. The van der Waals surface area contributed by atoms with Crippen LogP contribution in [0, 0.1) is 0 Å². The minimum Gasteiger partial charge on any atom is -0.343 e. The molecule has 0 bridgehead atoms. The Kier molecular flexibility index (Phi) is 4.31. The van der Waals surface area contributed by atoms with Crippen molar-refractivity contribution in [1.29, 1.82) is 0 Å². The van der Waals surface area contributed by atoms with Gasteiger partial charge in [-0.2, -0.15) is 0 Å². The number of aldehydes is 1. The average molecular weight is 226 g/mol. The van der Waals surface area contributed by atoms with Crippen molar-refractivity contribution in [2.24, 2.45) is 0 Å². The Bertz CT molecular complexity index is 365.